The van der Waals surface area contributed by atoms with Gasteiger partial charge in [0.2, 0.25) is 0 Å². The number of hydrogen-bond acceptors (Lipinski definition) is 7. The lowest BCUT2D eigenvalue weighted by Gasteiger charge is -2.10. The molecule has 120 valence electrons. The Bertz CT molecular complexity index is 949. The topological polar surface area (TPSA) is 144 Å². The minimum atomic E-state index is -4.28. The van der Waals surface area contributed by atoms with Gasteiger partial charge in [0.1, 0.15) is 11.5 Å². The van der Waals surface area contributed by atoms with Crippen LogP contribution in [0.3, 0.4) is 0 Å². The lowest BCUT2D eigenvalue weighted by Crippen LogP contribution is -2.04. The molecule has 0 unspecified atom stereocenters. The molecule has 22 heavy (non-hydrogen) atoms. The van der Waals surface area contributed by atoms with Crippen LogP contribution in [0.5, 0.6) is 5.75 Å². The molecule has 0 fully saturated rings. The first-order chi connectivity index (χ1) is 10.0. The molecule has 0 bridgehead atoms. The van der Waals surface area contributed by atoms with Crippen LogP contribution in [0, 0.1) is 0 Å². The Hall–Kier alpha value is -1.88. The first-order valence-electron chi connectivity index (χ1n) is 5.84. The van der Waals surface area contributed by atoms with Crippen LogP contribution < -0.4 is 5.73 Å². The van der Waals surface area contributed by atoms with Crippen molar-refractivity contribution >= 4 is 36.7 Å². The van der Waals surface area contributed by atoms with Crippen LogP contribution in [-0.2, 0) is 30.2 Å². The van der Waals surface area contributed by atoms with Gasteiger partial charge >= 0.3 is 0 Å². The van der Waals surface area contributed by atoms with Crippen molar-refractivity contribution in [1.29, 1.82) is 0 Å². The number of aromatic hydroxyl groups is 1. The fourth-order valence-electron chi connectivity index (χ4n) is 2.10. The number of phenolic OH excluding ortho intramolecular Hbond substituents is 1. The van der Waals surface area contributed by atoms with Crippen LogP contribution in [-0.4, -0.2) is 33.6 Å². The molecule has 0 heterocycles. The summed E-state index contributed by atoms with van der Waals surface area (Å²) in [7, 11) is -7.35. The summed E-state index contributed by atoms with van der Waals surface area (Å²) in [4.78, 5) is -0.302. The van der Waals surface area contributed by atoms with Gasteiger partial charge in [-0.1, -0.05) is 0 Å². The number of nitrogen functional groups attached to an aromatic ring is 1. The molecule has 0 radical (unpaired) electrons. The zero-order valence-corrected chi connectivity index (χ0v) is 13.0. The second-order valence-electron chi connectivity index (χ2n) is 4.57. The predicted molar refractivity (Wildman–Crippen MR) is 79.5 cm³/mol. The van der Waals surface area contributed by atoms with E-state index in [9.17, 15) is 21.9 Å². The number of phenols is 1. The van der Waals surface area contributed by atoms with Gasteiger partial charge in [-0.25, -0.2) is 0 Å². The Labute approximate surface area is 127 Å². The third-order valence-electron chi connectivity index (χ3n) is 2.95. The van der Waals surface area contributed by atoms with Gasteiger partial charge in [0.05, 0.1) is 12.0 Å². The SMILES string of the molecule is COS(=O)(=O)c1cc(O)c2c(N)cc(CS(=O)(=O)O)cc2c1. The van der Waals surface area contributed by atoms with Crippen LogP contribution in [0.15, 0.2) is 29.2 Å². The van der Waals surface area contributed by atoms with E-state index in [4.69, 9.17) is 10.3 Å². The summed E-state index contributed by atoms with van der Waals surface area (Å²) in [5.41, 5.74) is 5.95. The van der Waals surface area contributed by atoms with E-state index in [-0.39, 0.29) is 32.7 Å². The minimum Gasteiger partial charge on any atom is -0.507 e. The zero-order valence-electron chi connectivity index (χ0n) is 11.3. The van der Waals surface area contributed by atoms with E-state index < -0.39 is 26.0 Å². The van der Waals surface area contributed by atoms with Crippen molar-refractivity contribution in [3.8, 4) is 5.75 Å². The number of fused-ring (bicyclic) bond motifs is 1. The van der Waals surface area contributed by atoms with E-state index in [0.717, 1.165) is 13.2 Å². The molecule has 2 rings (SSSR count). The molecule has 10 heteroatoms. The molecular formula is C12H13NO7S2. The van der Waals surface area contributed by atoms with Crippen molar-refractivity contribution < 1.29 is 30.7 Å². The van der Waals surface area contributed by atoms with Gasteiger partial charge in [-0.05, 0) is 29.1 Å². The van der Waals surface area contributed by atoms with Crippen molar-refractivity contribution in [2.75, 3.05) is 12.8 Å². The van der Waals surface area contributed by atoms with Crippen molar-refractivity contribution in [3.05, 3.63) is 29.8 Å². The maximum atomic E-state index is 11.7. The summed E-state index contributed by atoms with van der Waals surface area (Å²) >= 11 is 0. The fourth-order valence-corrected chi connectivity index (χ4v) is 3.41. The Balaban J connectivity index is 2.75. The quantitative estimate of drug-likeness (QED) is 0.419. The third-order valence-corrected chi connectivity index (χ3v) is 4.90. The Morgan fingerprint density at radius 3 is 2.32 bits per heavy atom. The average molecular weight is 347 g/mol. The molecule has 0 saturated heterocycles. The standard InChI is InChI=1S/C12H13NO7S2/c1-20-22(18,19)9-4-8-2-7(6-21(15,16)17)3-10(13)12(8)11(14)5-9/h2-5,14H,6,13H2,1H3,(H,15,16,17). The van der Waals surface area contributed by atoms with Crippen LogP contribution in [0.2, 0.25) is 0 Å². The van der Waals surface area contributed by atoms with Crippen molar-refractivity contribution in [2.45, 2.75) is 10.6 Å². The lowest BCUT2D eigenvalue weighted by molar-refractivity contribution is 0.397. The Kier molecular flexibility index (Phi) is 4.04. The van der Waals surface area contributed by atoms with E-state index in [0.29, 0.717) is 0 Å². The van der Waals surface area contributed by atoms with E-state index in [1.165, 1.54) is 18.2 Å². The maximum Gasteiger partial charge on any atom is 0.296 e. The predicted octanol–water partition coefficient (Wildman–Crippen LogP) is 0.851. The molecule has 0 amide bonds. The summed E-state index contributed by atoms with van der Waals surface area (Å²) in [5.74, 6) is -1.07. The zero-order chi connectivity index (χ0) is 16.7. The second-order valence-corrected chi connectivity index (χ2v) is 7.74. The summed E-state index contributed by atoms with van der Waals surface area (Å²) in [5, 5.41) is 10.3. The summed E-state index contributed by atoms with van der Waals surface area (Å²) in [6, 6.07) is 4.77. The van der Waals surface area contributed by atoms with Crippen molar-refractivity contribution in [3.63, 3.8) is 0 Å². The van der Waals surface area contributed by atoms with E-state index >= 15 is 0 Å². The molecule has 8 nitrogen and oxygen atoms in total. The van der Waals surface area contributed by atoms with E-state index in [1.54, 1.807) is 0 Å². The van der Waals surface area contributed by atoms with Crippen LogP contribution in [0.1, 0.15) is 5.56 Å². The molecule has 2 aromatic rings. The van der Waals surface area contributed by atoms with Crippen LogP contribution in [0.4, 0.5) is 5.69 Å². The van der Waals surface area contributed by atoms with Gasteiger partial charge in [0.15, 0.2) is 0 Å². The number of rotatable bonds is 4. The number of nitrogens with two attached hydrogens (primary N) is 1. The molecule has 0 aromatic heterocycles. The molecule has 0 aliphatic rings. The second kappa shape index (κ2) is 5.39. The maximum absolute atomic E-state index is 11.7. The minimum absolute atomic E-state index is 0.0509. The van der Waals surface area contributed by atoms with Gasteiger partial charge in [0, 0.05) is 17.1 Å². The highest BCUT2D eigenvalue weighted by Gasteiger charge is 2.18. The van der Waals surface area contributed by atoms with Gasteiger partial charge < -0.3 is 10.8 Å². The van der Waals surface area contributed by atoms with Gasteiger partial charge in [-0.3, -0.25) is 8.74 Å². The lowest BCUT2D eigenvalue weighted by atomic mass is 10.0. The molecule has 0 spiro atoms. The van der Waals surface area contributed by atoms with Gasteiger partial charge in [-0.2, -0.15) is 16.8 Å². The van der Waals surface area contributed by atoms with Gasteiger partial charge in [0.25, 0.3) is 20.2 Å². The molecule has 2 aromatic carbocycles. The highest BCUT2D eigenvalue weighted by Crippen LogP contribution is 2.34. The summed E-state index contributed by atoms with van der Waals surface area (Å²) < 4.78 is 58.5. The van der Waals surface area contributed by atoms with E-state index in [2.05, 4.69) is 4.18 Å². The molecule has 0 atom stereocenters. The highest BCUT2D eigenvalue weighted by atomic mass is 32.2. The first-order valence-corrected chi connectivity index (χ1v) is 8.86. The number of benzene rings is 2. The average Bonchev–Trinajstić information content (AvgIpc) is 2.35. The van der Waals surface area contributed by atoms with Crippen LogP contribution >= 0.6 is 0 Å². The molecule has 4 N–H and O–H groups in total. The Morgan fingerprint density at radius 2 is 1.77 bits per heavy atom. The van der Waals surface area contributed by atoms with Gasteiger partial charge in [-0.15, -0.1) is 0 Å². The van der Waals surface area contributed by atoms with E-state index in [1.807, 2.05) is 0 Å². The molecule has 0 aliphatic carbocycles. The van der Waals surface area contributed by atoms with Crippen molar-refractivity contribution in [2.24, 2.45) is 0 Å². The number of hydrogen-bond donors (Lipinski definition) is 3. The summed E-state index contributed by atoms with van der Waals surface area (Å²) in [6.45, 7) is 0. The molecular weight excluding hydrogens is 334 g/mol. The largest absolute Gasteiger partial charge is 0.507 e. The first kappa shape index (κ1) is 16.5. The monoisotopic (exact) mass is 347 g/mol. The normalized spacial score (nSPS) is 12.6. The van der Waals surface area contributed by atoms with Crippen LogP contribution in [0.25, 0.3) is 10.8 Å². The molecule has 0 saturated carbocycles. The summed E-state index contributed by atoms with van der Waals surface area (Å²) in [6.07, 6.45) is 0. The third kappa shape index (κ3) is 3.30. The van der Waals surface area contributed by atoms with Crippen molar-refractivity contribution in [1.82, 2.24) is 0 Å². The molecule has 0 aliphatic heterocycles. The smallest absolute Gasteiger partial charge is 0.296 e. The fraction of sp³-hybridized carbons (Fsp3) is 0.167. The highest BCUT2D eigenvalue weighted by molar-refractivity contribution is 7.86. The Morgan fingerprint density at radius 1 is 1.14 bits per heavy atom. The number of anilines is 1.